The Labute approximate surface area is 168 Å². The Hall–Kier alpha value is -2.37. The molecule has 0 radical (unpaired) electrons. The number of amides is 2. The monoisotopic (exact) mass is 381 g/mol. The maximum absolute atomic E-state index is 12.6. The third-order valence-corrected chi connectivity index (χ3v) is 5.28. The first-order chi connectivity index (χ1) is 13.6. The average Bonchev–Trinajstić information content (AvgIpc) is 2.72. The molecular weight excluding hydrogens is 350 g/mol. The van der Waals surface area contributed by atoms with Crippen molar-refractivity contribution in [2.45, 2.75) is 25.9 Å². The van der Waals surface area contributed by atoms with Gasteiger partial charge in [-0.25, -0.2) is 4.79 Å². The summed E-state index contributed by atoms with van der Waals surface area (Å²) in [7, 11) is 4.13. The van der Waals surface area contributed by atoms with Crippen LogP contribution in [0.2, 0.25) is 0 Å². The van der Waals surface area contributed by atoms with Gasteiger partial charge in [-0.15, -0.1) is 0 Å². The lowest BCUT2D eigenvalue weighted by Crippen LogP contribution is -2.45. The van der Waals surface area contributed by atoms with Crippen molar-refractivity contribution in [3.05, 3.63) is 59.7 Å². The summed E-state index contributed by atoms with van der Waals surface area (Å²) >= 11 is 0. The molecule has 0 aromatic heterocycles. The highest BCUT2D eigenvalue weighted by Crippen LogP contribution is 2.24. The summed E-state index contributed by atoms with van der Waals surface area (Å²) in [5.74, 6) is 0.201. The van der Waals surface area contributed by atoms with Crippen molar-refractivity contribution in [3.8, 4) is 11.1 Å². The van der Waals surface area contributed by atoms with E-state index in [4.69, 9.17) is 0 Å². The fourth-order valence-corrected chi connectivity index (χ4v) is 3.79. The summed E-state index contributed by atoms with van der Waals surface area (Å²) in [4.78, 5) is 16.5. The number of carbonyl (C=O) groups excluding carboxylic acids is 1. The van der Waals surface area contributed by atoms with Gasteiger partial charge in [-0.05, 0) is 55.1 Å². The first-order valence-electron chi connectivity index (χ1n) is 10.0. The van der Waals surface area contributed by atoms with E-state index in [9.17, 15) is 9.90 Å². The minimum Gasteiger partial charge on any atom is -0.396 e. The SMILES string of the molecule is CN(C)Cc1ccc(-c2ccccc2CNC(=O)N2CCCC(CO)C2)cc1. The fourth-order valence-electron chi connectivity index (χ4n) is 3.79. The molecule has 0 spiro atoms. The van der Waals surface area contributed by atoms with Crippen LogP contribution < -0.4 is 5.32 Å². The molecule has 2 N–H and O–H groups in total. The van der Waals surface area contributed by atoms with Gasteiger partial charge in [0.25, 0.3) is 0 Å². The minimum absolute atomic E-state index is 0.0470. The Balaban J connectivity index is 1.66. The molecule has 1 fully saturated rings. The molecule has 2 aromatic carbocycles. The summed E-state index contributed by atoms with van der Waals surface area (Å²) in [6.45, 7) is 2.96. The predicted molar refractivity (Wildman–Crippen MR) is 113 cm³/mol. The van der Waals surface area contributed by atoms with Gasteiger partial charge in [0, 0.05) is 32.8 Å². The number of nitrogens with zero attached hydrogens (tertiary/aromatic N) is 2. The second-order valence-electron chi connectivity index (χ2n) is 7.89. The molecule has 1 saturated heterocycles. The standard InChI is InChI=1S/C23H31N3O2/c1-25(2)15-18-9-11-20(12-10-18)22-8-4-3-7-21(22)14-24-23(28)26-13-5-6-19(16-26)17-27/h3-4,7-12,19,27H,5-6,13-17H2,1-2H3,(H,24,28). The van der Waals surface area contributed by atoms with Crippen LogP contribution in [0.3, 0.4) is 0 Å². The molecule has 1 unspecified atom stereocenters. The normalized spacial score (nSPS) is 17.0. The van der Waals surface area contributed by atoms with Crippen LogP contribution in [0.15, 0.2) is 48.5 Å². The maximum Gasteiger partial charge on any atom is 0.317 e. The lowest BCUT2D eigenvalue weighted by Gasteiger charge is -2.31. The Morgan fingerprint density at radius 1 is 1.18 bits per heavy atom. The van der Waals surface area contributed by atoms with Crippen LogP contribution >= 0.6 is 0 Å². The van der Waals surface area contributed by atoms with Gasteiger partial charge in [0.1, 0.15) is 0 Å². The van der Waals surface area contributed by atoms with Gasteiger partial charge >= 0.3 is 6.03 Å². The van der Waals surface area contributed by atoms with Crippen molar-refractivity contribution in [1.29, 1.82) is 0 Å². The maximum atomic E-state index is 12.6. The minimum atomic E-state index is -0.0470. The van der Waals surface area contributed by atoms with E-state index in [1.165, 1.54) is 5.56 Å². The quantitative estimate of drug-likeness (QED) is 0.807. The Morgan fingerprint density at radius 3 is 2.64 bits per heavy atom. The molecule has 5 nitrogen and oxygen atoms in total. The lowest BCUT2D eigenvalue weighted by molar-refractivity contribution is 0.129. The first kappa shape index (κ1) is 20.4. The van der Waals surface area contributed by atoms with Gasteiger partial charge in [0.15, 0.2) is 0 Å². The average molecular weight is 382 g/mol. The van der Waals surface area contributed by atoms with E-state index in [1.807, 2.05) is 17.0 Å². The van der Waals surface area contributed by atoms with E-state index >= 15 is 0 Å². The fraction of sp³-hybridized carbons (Fsp3) is 0.435. The highest BCUT2D eigenvalue weighted by molar-refractivity contribution is 5.75. The van der Waals surface area contributed by atoms with Crippen LogP contribution in [0, 0.1) is 5.92 Å². The third kappa shape index (κ3) is 5.33. The Bertz CT molecular complexity index is 774. The Kier molecular flexibility index (Phi) is 7.06. The van der Waals surface area contributed by atoms with Crippen LogP contribution in [0.25, 0.3) is 11.1 Å². The Morgan fingerprint density at radius 2 is 1.93 bits per heavy atom. The summed E-state index contributed by atoms with van der Waals surface area (Å²) in [5, 5.41) is 12.4. The number of benzene rings is 2. The van der Waals surface area contributed by atoms with Gasteiger partial charge < -0.3 is 20.2 Å². The molecule has 1 aliphatic heterocycles. The molecular formula is C23H31N3O2. The van der Waals surface area contributed by atoms with Crippen LogP contribution in [0.1, 0.15) is 24.0 Å². The molecule has 150 valence electrons. The first-order valence-corrected chi connectivity index (χ1v) is 10.0. The zero-order chi connectivity index (χ0) is 19.9. The van der Waals surface area contributed by atoms with E-state index in [0.717, 1.165) is 42.6 Å². The number of rotatable bonds is 6. The van der Waals surface area contributed by atoms with E-state index in [1.54, 1.807) is 0 Å². The molecule has 1 atom stereocenters. The van der Waals surface area contributed by atoms with Crippen molar-refractivity contribution in [1.82, 2.24) is 15.1 Å². The number of nitrogens with one attached hydrogen (secondary N) is 1. The molecule has 1 heterocycles. The van der Waals surface area contributed by atoms with E-state index < -0.39 is 0 Å². The number of carbonyl (C=O) groups is 1. The van der Waals surface area contributed by atoms with Crippen LogP contribution in [0.4, 0.5) is 4.79 Å². The molecule has 3 rings (SSSR count). The second-order valence-corrected chi connectivity index (χ2v) is 7.89. The molecule has 0 bridgehead atoms. The van der Waals surface area contributed by atoms with Crippen molar-refractivity contribution in [3.63, 3.8) is 0 Å². The third-order valence-electron chi connectivity index (χ3n) is 5.28. The predicted octanol–water partition coefficient (Wildman–Crippen LogP) is 3.33. The van der Waals surface area contributed by atoms with Crippen molar-refractivity contribution >= 4 is 6.03 Å². The molecule has 2 aromatic rings. The zero-order valence-electron chi connectivity index (χ0n) is 16.9. The van der Waals surface area contributed by atoms with Crippen LogP contribution in [0.5, 0.6) is 0 Å². The smallest absolute Gasteiger partial charge is 0.317 e. The largest absolute Gasteiger partial charge is 0.396 e. The van der Waals surface area contributed by atoms with Gasteiger partial charge in [-0.2, -0.15) is 0 Å². The summed E-state index contributed by atoms with van der Waals surface area (Å²) < 4.78 is 0. The van der Waals surface area contributed by atoms with Crippen molar-refractivity contribution in [2.24, 2.45) is 5.92 Å². The molecule has 1 aliphatic rings. The highest BCUT2D eigenvalue weighted by atomic mass is 16.3. The molecule has 2 amide bonds. The topological polar surface area (TPSA) is 55.8 Å². The van der Waals surface area contributed by atoms with E-state index in [2.05, 4.69) is 60.7 Å². The lowest BCUT2D eigenvalue weighted by atomic mass is 9.98. The number of hydrogen-bond donors (Lipinski definition) is 2. The summed E-state index contributed by atoms with van der Waals surface area (Å²) in [6, 6.07) is 16.8. The van der Waals surface area contributed by atoms with Crippen LogP contribution in [-0.4, -0.2) is 54.7 Å². The zero-order valence-corrected chi connectivity index (χ0v) is 16.9. The number of likely N-dealkylation sites (tertiary alicyclic amines) is 1. The van der Waals surface area contributed by atoms with E-state index in [0.29, 0.717) is 13.1 Å². The molecule has 5 heteroatoms. The number of aliphatic hydroxyl groups excluding tert-OH is 1. The summed E-state index contributed by atoms with van der Waals surface area (Å²) in [6.07, 6.45) is 1.95. The van der Waals surface area contributed by atoms with Crippen LogP contribution in [-0.2, 0) is 13.1 Å². The molecule has 0 saturated carbocycles. The van der Waals surface area contributed by atoms with Gasteiger partial charge in [-0.3, -0.25) is 0 Å². The van der Waals surface area contributed by atoms with Crippen molar-refractivity contribution in [2.75, 3.05) is 33.8 Å². The second kappa shape index (κ2) is 9.71. The number of aliphatic hydroxyl groups is 1. The number of piperidine rings is 1. The van der Waals surface area contributed by atoms with Gasteiger partial charge in [0.05, 0.1) is 0 Å². The highest BCUT2D eigenvalue weighted by Gasteiger charge is 2.23. The molecule has 28 heavy (non-hydrogen) atoms. The summed E-state index contributed by atoms with van der Waals surface area (Å²) in [5.41, 5.74) is 4.69. The number of urea groups is 1. The number of hydrogen-bond acceptors (Lipinski definition) is 3. The molecule has 0 aliphatic carbocycles. The van der Waals surface area contributed by atoms with E-state index in [-0.39, 0.29) is 18.6 Å². The van der Waals surface area contributed by atoms with Gasteiger partial charge in [0.2, 0.25) is 0 Å². The van der Waals surface area contributed by atoms with Gasteiger partial charge in [-0.1, -0.05) is 48.5 Å². The van der Waals surface area contributed by atoms with Crippen molar-refractivity contribution < 1.29 is 9.90 Å².